The number of hydrogen-bond donors (Lipinski definition) is 2. The first-order chi connectivity index (χ1) is 8.99. The van der Waals surface area contributed by atoms with Crippen LogP contribution in [0.2, 0.25) is 0 Å². The standard InChI is InChI=1S/C11H7N5O2S/c12-4-7(5-13)6-15-10-2-1-8(16(17)18)3-9(10)11(14)19/h1-3,6,15H,(H2,14,19). The average Bonchev–Trinajstić information content (AvgIpc) is 2.39. The van der Waals surface area contributed by atoms with E-state index in [0.717, 1.165) is 0 Å². The Hall–Kier alpha value is -2.97. The summed E-state index contributed by atoms with van der Waals surface area (Å²) in [5, 5.41) is 30.5. The van der Waals surface area contributed by atoms with Crippen LogP contribution in [0.1, 0.15) is 5.56 Å². The molecular weight excluding hydrogens is 266 g/mol. The molecule has 0 saturated carbocycles. The van der Waals surface area contributed by atoms with Gasteiger partial charge < -0.3 is 11.1 Å². The zero-order valence-electron chi connectivity index (χ0n) is 9.45. The molecule has 1 aromatic carbocycles. The summed E-state index contributed by atoms with van der Waals surface area (Å²) in [6, 6.07) is 7.21. The van der Waals surface area contributed by atoms with Gasteiger partial charge in [0.25, 0.3) is 5.69 Å². The normalized spacial score (nSPS) is 8.74. The quantitative estimate of drug-likeness (QED) is 0.368. The SMILES string of the molecule is N#CC(C#N)=CNc1ccc([N+](=O)[O-])cc1C(N)=S. The van der Waals surface area contributed by atoms with Gasteiger partial charge in [0.15, 0.2) is 0 Å². The number of nitro groups is 1. The van der Waals surface area contributed by atoms with Crippen molar-refractivity contribution in [3.05, 3.63) is 45.6 Å². The van der Waals surface area contributed by atoms with Crippen LogP contribution in [0.4, 0.5) is 11.4 Å². The largest absolute Gasteiger partial charge is 0.389 e. The van der Waals surface area contributed by atoms with E-state index in [0.29, 0.717) is 5.69 Å². The molecule has 0 spiro atoms. The number of allylic oxidation sites excluding steroid dienone is 1. The predicted octanol–water partition coefficient (Wildman–Crippen LogP) is 1.57. The fourth-order valence-electron chi connectivity index (χ4n) is 1.21. The molecule has 0 amide bonds. The van der Waals surface area contributed by atoms with Crippen LogP contribution in [0.5, 0.6) is 0 Å². The zero-order chi connectivity index (χ0) is 14.4. The number of nitrogens with one attached hydrogen (secondary N) is 1. The van der Waals surface area contributed by atoms with E-state index in [4.69, 9.17) is 28.5 Å². The van der Waals surface area contributed by atoms with Crippen molar-refractivity contribution >= 4 is 28.6 Å². The van der Waals surface area contributed by atoms with Gasteiger partial charge in [-0.15, -0.1) is 0 Å². The van der Waals surface area contributed by atoms with Gasteiger partial charge in [-0.05, 0) is 6.07 Å². The van der Waals surface area contributed by atoms with Gasteiger partial charge in [-0.25, -0.2) is 0 Å². The number of nitrogens with zero attached hydrogens (tertiary/aromatic N) is 3. The van der Waals surface area contributed by atoms with Gasteiger partial charge in [0, 0.05) is 29.6 Å². The molecule has 19 heavy (non-hydrogen) atoms. The van der Waals surface area contributed by atoms with Crippen molar-refractivity contribution in [2.24, 2.45) is 5.73 Å². The summed E-state index contributed by atoms with van der Waals surface area (Å²) in [5.74, 6) is 0. The molecule has 0 saturated heterocycles. The monoisotopic (exact) mass is 273 g/mol. The molecule has 0 aliphatic carbocycles. The number of nitriles is 2. The number of rotatable bonds is 4. The highest BCUT2D eigenvalue weighted by Crippen LogP contribution is 2.22. The van der Waals surface area contributed by atoms with Crippen molar-refractivity contribution < 1.29 is 4.92 Å². The van der Waals surface area contributed by atoms with Gasteiger partial charge in [0.2, 0.25) is 0 Å². The first-order valence-corrected chi connectivity index (χ1v) is 5.25. The smallest absolute Gasteiger partial charge is 0.270 e. The first-order valence-electron chi connectivity index (χ1n) is 4.84. The second kappa shape index (κ2) is 6.10. The second-order valence-corrected chi connectivity index (χ2v) is 3.72. The van der Waals surface area contributed by atoms with Crippen LogP contribution in [0.15, 0.2) is 30.0 Å². The number of hydrogen-bond acceptors (Lipinski definition) is 6. The molecule has 0 aromatic heterocycles. The van der Waals surface area contributed by atoms with E-state index in [1.807, 2.05) is 0 Å². The number of thiocarbonyl (C=S) groups is 1. The average molecular weight is 273 g/mol. The molecule has 0 radical (unpaired) electrons. The van der Waals surface area contributed by atoms with Crippen LogP contribution >= 0.6 is 12.2 Å². The van der Waals surface area contributed by atoms with Gasteiger partial charge in [0.05, 0.1) is 4.92 Å². The lowest BCUT2D eigenvalue weighted by molar-refractivity contribution is -0.384. The summed E-state index contributed by atoms with van der Waals surface area (Å²) in [5.41, 5.74) is 5.81. The van der Waals surface area contributed by atoms with Crippen LogP contribution in [0.25, 0.3) is 0 Å². The van der Waals surface area contributed by atoms with Crippen molar-refractivity contribution in [3.63, 3.8) is 0 Å². The summed E-state index contributed by atoms with van der Waals surface area (Å²) in [7, 11) is 0. The zero-order valence-corrected chi connectivity index (χ0v) is 10.3. The van der Waals surface area contributed by atoms with Gasteiger partial charge in [-0.3, -0.25) is 10.1 Å². The fraction of sp³-hybridized carbons (Fsp3) is 0. The fourth-order valence-corrected chi connectivity index (χ4v) is 1.38. The molecule has 0 aliphatic rings. The maximum atomic E-state index is 10.6. The summed E-state index contributed by atoms with van der Waals surface area (Å²) >= 11 is 4.80. The predicted molar refractivity (Wildman–Crippen MR) is 71.9 cm³/mol. The lowest BCUT2D eigenvalue weighted by Gasteiger charge is -2.07. The Kier molecular flexibility index (Phi) is 4.52. The van der Waals surface area contributed by atoms with Gasteiger partial charge in [-0.1, -0.05) is 12.2 Å². The maximum absolute atomic E-state index is 10.6. The van der Waals surface area contributed by atoms with E-state index < -0.39 is 4.92 Å². The number of nitrogens with two attached hydrogens (primary N) is 1. The lowest BCUT2D eigenvalue weighted by Crippen LogP contribution is -2.12. The van der Waals surface area contributed by atoms with Gasteiger partial charge in [0.1, 0.15) is 22.7 Å². The highest BCUT2D eigenvalue weighted by molar-refractivity contribution is 7.80. The Morgan fingerprint density at radius 2 is 2.11 bits per heavy atom. The molecule has 0 aliphatic heterocycles. The van der Waals surface area contributed by atoms with Gasteiger partial charge >= 0.3 is 0 Å². The highest BCUT2D eigenvalue weighted by atomic mass is 32.1. The molecule has 0 atom stereocenters. The minimum Gasteiger partial charge on any atom is -0.389 e. The Balaban J connectivity index is 3.19. The Labute approximate surface area is 113 Å². The minimum absolute atomic E-state index is 0.0323. The van der Waals surface area contributed by atoms with E-state index in [1.165, 1.54) is 24.4 Å². The van der Waals surface area contributed by atoms with Crippen LogP contribution in [0.3, 0.4) is 0 Å². The summed E-state index contributed by atoms with van der Waals surface area (Å²) < 4.78 is 0. The lowest BCUT2D eigenvalue weighted by atomic mass is 10.1. The van der Waals surface area contributed by atoms with Crippen LogP contribution in [0, 0.1) is 32.8 Å². The van der Waals surface area contributed by atoms with Crippen LogP contribution in [-0.4, -0.2) is 9.91 Å². The molecule has 0 fully saturated rings. The molecule has 1 rings (SSSR count). The summed E-state index contributed by atoms with van der Waals surface area (Å²) in [6.07, 6.45) is 1.17. The summed E-state index contributed by atoms with van der Waals surface area (Å²) in [4.78, 5) is 10.0. The molecular formula is C11H7N5O2S. The number of benzene rings is 1. The van der Waals surface area contributed by atoms with E-state index in [9.17, 15) is 10.1 Å². The third-order valence-electron chi connectivity index (χ3n) is 2.09. The van der Waals surface area contributed by atoms with Crippen molar-refractivity contribution in [3.8, 4) is 12.1 Å². The van der Waals surface area contributed by atoms with Crippen molar-refractivity contribution in [1.29, 1.82) is 10.5 Å². The second-order valence-electron chi connectivity index (χ2n) is 3.28. The maximum Gasteiger partial charge on any atom is 0.270 e. The Morgan fingerprint density at radius 1 is 1.47 bits per heavy atom. The topological polar surface area (TPSA) is 129 Å². The summed E-state index contributed by atoms with van der Waals surface area (Å²) in [6.45, 7) is 0. The third kappa shape index (κ3) is 3.49. The number of non-ortho nitro benzene ring substituents is 1. The molecule has 0 unspecified atom stereocenters. The Bertz CT molecular complexity index is 638. The molecule has 8 heteroatoms. The minimum atomic E-state index is -0.572. The molecule has 3 N–H and O–H groups in total. The van der Waals surface area contributed by atoms with Crippen molar-refractivity contribution in [2.75, 3.05) is 5.32 Å². The number of anilines is 1. The van der Waals surface area contributed by atoms with Crippen molar-refractivity contribution in [1.82, 2.24) is 0 Å². The first kappa shape index (κ1) is 14.1. The Morgan fingerprint density at radius 3 is 2.58 bits per heavy atom. The molecule has 94 valence electrons. The third-order valence-corrected chi connectivity index (χ3v) is 2.31. The molecule has 0 bridgehead atoms. The van der Waals surface area contributed by atoms with E-state index in [-0.39, 0.29) is 21.8 Å². The molecule has 7 nitrogen and oxygen atoms in total. The van der Waals surface area contributed by atoms with Gasteiger partial charge in [-0.2, -0.15) is 10.5 Å². The van der Waals surface area contributed by atoms with E-state index in [2.05, 4.69) is 5.32 Å². The number of nitro benzene ring substituents is 1. The molecule has 0 heterocycles. The molecule has 1 aromatic rings. The highest BCUT2D eigenvalue weighted by Gasteiger charge is 2.12. The van der Waals surface area contributed by atoms with Crippen LogP contribution < -0.4 is 11.1 Å². The van der Waals surface area contributed by atoms with E-state index >= 15 is 0 Å². The van der Waals surface area contributed by atoms with E-state index in [1.54, 1.807) is 12.1 Å². The van der Waals surface area contributed by atoms with Crippen molar-refractivity contribution in [2.45, 2.75) is 0 Å². The van der Waals surface area contributed by atoms with Crippen LogP contribution in [-0.2, 0) is 0 Å².